The summed E-state index contributed by atoms with van der Waals surface area (Å²) in [6.07, 6.45) is 1.45. The minimum absolute atomic E-state index is 0.0116. The molecule has 5 nitrogen and oxygen atoms in total. The zero-order chi connectivity index (χ0) is 10.0. The van der Waals surface area contributed by atoms with Gasteiger partial charge in [0.15, 0.2) is 5.69 Å². The normalized spacial score (nSPS) is 10.4. The fourth-order valence-corrected chi connectivity index (χ4v) is 0.999. The van der Waals surface area contributed by atoms with Gasteiger partial charge in [-0.2, -0.15) is 0 Å². The van der Waals surface area contributed by atoms with Gasteiger partial charge in [0, 0.05) is 11.8 Å². The van der Waals surface area contributed by atoms with Crippen LogP contribution in [0, 0.1) is 0 Å². The third-order valence-corrected chi connectivity index (χ3v) is 1.66. The zero-order valence-electron chi connectivity index (χ0n) is 7.48. The van der Waals surface area contributed by atoms with Crippen LogP contribution in [0.15, 0.2) is 6.20 Å². The maximum Gasteiger partial charge on any atom is 0.354 e. The summed E-state index contributed by atoms with van der Waals surface area (Å²) in [6, 6.07) is 0. The molecule has 0 aromatic carbocycles. The molecule has 3 N–H and O–H groups in total. The van der Waals surface area contributed by atoms with Crippen molar-refractivity contribution in [2.24, 2.45) is 0 Å². The third-order valence-electron chi connectivity index (χ3n) is 1.66. The van der Waals surface area contributed by atoms with Crippen LogP contribution in [-0.2, 0) is 0 Å². The molecular weight excluding hydrogens is 170 g/mol. The van der Waals surface area contributed by atoms with Crippen LogP contribution in [0.2, 0.25) is 0 Å². The Morgan fingerprint density at radius 3 is 2.69 bits per heavy atom. The minimum Gasteiger partial charge on any atom is -0.476 e. The Labute approximate surface area is 75.6 Å². The Bertz CT molecular complexity index is 336. The van der Waals surface area contributed by atoms with E-state index >= 15 is 0 Å². The highest BCUT2D eigenvalue weighted by atomic mass is 16.4. The van der Waals surface area contributed by atoms with Gasteiger partial charge in [0.2, 0.25) is 5.95 Å². The van der Waals surface area contributed by atoms with Crippen LogP contribution in [0.4, 0.5) is 5.95 Å². The number of nitrogens with zero attached hydrogens (tertiary/aromatic N) is 2. The number of nitrogens with two attached hydrogens (primary N) is 1. The molecule has 0 aliphatic rings. The molecule has 5 heteroatoms. The van der Waals surface area contributed by atoms with Crippen LogP contribution in [0.5, 0.6) is 0 Å². The van der Waals surface area contributed by atoms with E-state index in [0.717, 1.165) is 0 Å². The second-order valence-electron chi connectivity index (χ2n) is 2.99. The number of anilines is 1. The van der Waals surface area contributed by atoms with Crippen LogP contribution in [0.1, 0.15) is 35.8 Å². The van der Waals surface area contributed by atoms with Crippen molar-refractivity contribution in [3.8, 4) is 0 Å². The number of rotatable bonds is 2. The number of nitrogen functional groups attached to an aromatic ring is 1. The SMILES string of the molecule is CC(C)c1cnc(N)nc1C(=O)O. The van der Waals surface area contributed by atoms with E-state index in [2.05, 4.69) is 9.97 Å². The van der Waals surface area contributed by atoms with Gasteiger partial charge in [0.05, 0.1) is 0 Å². The van der Waals surface area contributed by atoms with Gasteiger partial charge in [-0.1, -0.05) is 13.8 Å². The van der Waals surface area contributed by atoms with Gasteiger partial charge in [-0.15, -0.1) is 0 Å². The summed E-state index contributed by atoms with van der Waals surface area (Å²) in [7, 11) is 0. The number of hydrogen-bond acceptors (Lipinski definition) is 4. The molecule has 1 aromatic heterocycles. The van der Waals surface area contributed by atoms with Crippen LogP contribution in [0.25, 0.3) is 0 Å². The maximum absolute atomic E-state index is 10.7. The van der Waals surface area contributed by atoms with E-state index in [1.807, 2.05) is 13.8 Å². The molecule has 1 heterocycles. The van der Waals surface area contributed by atoms with Gasteiger partial charge >= 0.3 is 5.97 Å². The fraction of sp³-hybridized carbons (Fsp3) is 0.375. The predicted octanol–water partition coefficient (Wildman–Crippen LogP) is 0.880. The number of aromatic carboxylic acids is 1. The Hall–Kier alpha value is -1.65. The quantitative estimate of drug-likeness (QED) is 0.706. The van der Waals surface area contributed by atoms with Gasteiger partial charge in [-0.05, 0) is 5.92 Å². The van der Waals surface area contributed by atoms with Crippen molar-refractivity contribution in [3.05, 3.63) is 17.5 Å². The average Bonchev–Trinajstić information content (AvgIpc) is 2.03. The lowest BCUT2D eigenvalue weighted by Crippen LogP contribution is -2.10. The number of aromatic nitrogens is 2. The fourth-order valence-electron chi connectivity index (χ4n) is 0.999. The molecular formula is C8H11N3O2. The molecule has 0 unspecified atom stereocenters. The first-order chi connectivity index (χ1) is 6.02. The Balaban J connectivity index is 3.27. The molecule has 0 spiro atoms. The van der Waals surface area contributed by atoms with Crippen molar-refractivity contribution in [1.82, 2.24) is 9.97 Å². The molecule has 0 radical (unpaired) electrons. The lowest BCUT2D eigenvalue weighted by Gasteiger charge is -2.07. The van der Waals surface area contributed by atoms with Crippen molar-refractivity contribution < 1.29 is 9.90 Å². The molecule has 1 aromatic rings. The van der Waals surface area contributed by atoms with Crippen molar-refractivity contribution in [1.29, 1.82) is 0 Å². The van der Waals surface area contributed by atoms with Gasteiger partial charge < -0.3 is 10.8 Å². The van der Waals surface area contributed by atoms with E-state index in [1.54, 1.807) is 0 Å². The van der Waals surface area contributed by atoms with Gasteiger partial charge in [0.25, 0.3) is 0 Å². The average molecular weight is 181 g/mol. The lowest BCUT2D eigenvalue weighted by molar-refractivity contribution is 0.0688. The highest BCUT2D eigenvalue weighted by Crippen LogP contribution is 2.17. The third kappa shape index (κ3) is 1.93. The molecule has 1 rings (SSSR count). The van der Waals surface area contributed by atoms with Crippen molar-refractivity contribution in [2.45, 2.75) is 19.8 Å². The van der Waals surface area contributed by atoms with E-state index in [1.165, 1.54) is 6.20 Å². The first-order valence-electron chi connectivity index (χ1n) is 3.88. The molecule has 0 aliphatic carbocycles. The van der Waals surface area contributed by atoms with Crippen molar-refractivity contribution >= 4 is 11.9 Å². The lowest BCUT2D eigenvalue weighted by atomic mass is 10.0. The van der Waals surface area contributed by atoms with Crippen LogP contribution < -0.4 is 5.73 Å². The first-order valence-corrected chi connectivity index (χ1v) is 3.88. The molecule has 13 heavy (non-hydrogen) atoms. The Kier molecular flexibility index (Phi) is 2.46. The highest BCUT2D eigenvalue weighted by Gasteiger charge is 2.15. The van der Waals surface area contributed by atoms with E-state index < -0.39 is 5.97 Å². The molecule has 0 aliphatic heterocycles. The monoisotopic (exact) mass is 181 g/mol. The summed E-state index contributed by atoms with van der Waals surface area (Å²) in [4.78, 5) is 18.1. The number of hydrogen-bond donors (Lipinski definition) is 2. The van der Waals surface area contributed by atoms with Crippen LogP contribution in [0.3, 0.4) is 0 Å². The molecule has 70 valence electrons. The van der Waals surface area contributed by atoms with Crippen molar-refractivity contribution in [2.75, 3.05) is 5.73 Å². The summed E-state index contributed by atoms with van der Waals surface area (Å²) in [5.74, 6) is -1.01. The molecule has 0 fully saturated rings. The standard InChI is InChI=1S/C8H11N3O2/c1-4(2)5-3-10-8(9)11-6(5)7(12)13/h3-4H,1-2H3,(H,12,13)(H2,9,10,11). The van der Waals surface area contributed by atoms with Crippen LogP contribution in [-0.4, -0.2) is 21.0 Å². The van der Waals surface area contributed by atoms with E-state index in [9.17, 15) is 4.79 Å². The second kappa shape index (κ2) is 3.38. The maximum atomic E-state index is 10.7. The highest BCUT2D eigenvalue weighted by molar-refractivity contribution is 5.87. The second-order valence-corrected chi connectivity index (χ2v) is 2.99. The Morgan fingerprint density at radius 2 is 2.23 bits per heavy atom. The smallest absolute Gasteiger partial charge is 0.354 e. The molecule has 0 atom stereocenters. The largest absolute Gasteiger partial charge is 0.476 e. The Morgan fingerprint density at radius 1 is 1.62 bits per heavy atom. The van der Waals surface area contributed by atoms with E-state index in [0.29, 0.717) is 5.56 Å². The van der Waals surface area contributed by atoms with Crippen molar-refractivity contribution in [3.63, 3.8) is 0 Å². The molecule has 0 saturated heterocycles. The number of carboxylic acid groups (broad SMARTS) is 1. The van der Waals surface area contributed by atoms with Crippen LogP contribution >= 0.6 is 0 Å². The predicted molar refractivity (Wildman–Crippen MR) is 47.5 cm³/mol. The zero-order valence-corrected chi connectivity index (χ0v) is 7.48. The van der Waals surface area contributed by atoms with Gasteiger partial charge in [-0.3, -0.25) is 0 Å². The summed E-state index contributed by atoms with van der Waals surface area (Å²) >= 11 is 0. The minimum atomic E-state index is -1.07. The van der Waals surface area contributed by atoms with E-state index in [4.69, 9.17) is 10.8 Å². The van der Waals surface area contributed by atoms with E-state index in [-0.39, 0.29) is 17.6 Å². The first kappa shape index (κ1) is 9.44. The van der Waals surface area contributed by atoms with Gasteiger partial charge in [0.1, 0.15) is 0 Å². The molecule has 0 bridgehead atoms. The number of carboxylic acids is 1. The summed E-state index contributed by atoms with van der Waals surface area (Å²) in [5.41, 5.74) is 5.87. The number of carbonyl (C=O) groups is 1. The summed E-state index contributed by atoms with van der Waals surface area (Å²) in [5, 5.41) is 8.79. The molecule has 0 amide bonds. The summed E-state index contributed by atoms with van der Waals surface area (Å²) in [6.45, 7) is 3.75. The van der Waals surface area contributed by atoms with Gasteiger partial charge in [-0.25, -0.2) is 14.8 Å². The topological polar surface area (TPSA) is 89.1 Å². The summed E-state index contributed by atoms with van der Waals surface area (Å²) < 4.78 is 0. The molecule has 0 saturated carbocycles.